The van der Waals surface area contributed by atoms with Gasteiger partial charge in [-0.1, -0.05) is 26.0 Å². The van der Waals surface area contributed by atoms with Crippen molar-refractivity contribution in [3.05, 3.63) is 54.1 Å². The van der Waals surface area contributed by atoms with E-state index in [4.69, 9.17) is 0 Å². The van der Waals surface area contributed by atoms with Gasteiger partial charge in [0.1, 0.15) is 5.82 Å². The smallest absolute Gasteiger partial charge is 0.224 e. The van der Waals surface area contributed by atoms with Crippen LogP contribution in [-0.2, 0) is 17.9 Å². The molecule has 1 atom stereocenters. The topological polar surface area (TPSA) is 41.4 Å². The Morgan fingerprint density at radius 1 is 1.22 bits per heavy atom. The van der Waals surface area contributed by atoms with Crippen molar-refractivity contribution in [2.45, 2.75) is 45.8 Å². The maximum absolute atomic E-state index is 13.2. The number of hydrogen-bond donors (Lipinski definition) is 0. The van der Waals surface area contributed by atoms with Gasteiger partial charge < -0.3 is 9.80 Å². The van der Waals surface area contributed by atoms with Gasteiger partial charge in [0.25, 0.3) is 0 Å². The largest absolute Gasteiger partial charge is 0.334 e. The van der Waals surface area contributed by atoms with Crippen LogP contribution in [0.4, 0.5) is 4.39 Å². The maximum atomic E-state index is 13.2. The molecule has 1 aromatic heterocycles. The van der Waals surface area contributed by atoms with E-state index in [0.717, 1.165) is 38.2 Å². The Morgan fingerprint density at radius 2 is 2.00 bits per heavy atom. The van der Waals surface area contributed by atoms with Crippen LogP contribution in [0.3, 0.4) is 0 Å². The van der Waals surface area contributed by atoms with Crippen LogP contribution in [0.5, 0.6) is 0 Å². The molecule has 2 aromatic rings. The molecule has 146 valence electrons. The van der Waals surface area contributed by atoms with E-state index in [1.54, 1.807) is 18.3 Å². The lowest BCUT2D eigenvalue weighted by atomic mass is 10.0. The van der Waals surface area contributed by atoms with E-state index >= 15 is 0 Å². The first kappa shape index (κ1) is 19.5. The average molecular weight is 372 g/mol. The summed E-state index contributed by atoms with van der Waals surface area (Å²) in [5, 5.41) is 4.25. The number of amides is 1. The summed E-state index contributed by atoms with van der Waals surface area (Å²) < 4.78 is 15.1. The molecule has 1 aliphatic heterocycles. The van der Waals surface area contributed by atoms with Gasteiger partial charge >= 0.3 is 0 Å². The summed E-state index contributed by atoms with van der Waals surface area (Å²) in [7, 11) is 0. The SMILES string of the molecule is CC(C)[C@@H]1CN(CCCn2cccn2)CCC(=O)N1Cc1ccc(F)cc1. The third-order valence-electron chi connectivity index (χ3n) is 5.26. The van der Waals surface area contributed by atoms with Crippen molar-refractivity contribution in [1.29, 1.82) is 0 Å². The molecule has 0 N–H and O–H groups in total. The molecule has 1 fully saturated rings. The molecule has 0 spiro atoms. The van der Waals surface area contributed by atoms with Gasteiger partial charge in [-0.25, -0.2) is 4.39 Å². The van der Waals surface area contributed by atoms with Gasteiger partial charge in [-0.05, 0) is 42.6 Å². The third-order valence-corrected chi connectivity index (χ3v) is 5.26. The van der Waals surface area contributed by atoms with Crippen molar-refractivity contribution in [2.24, 2.45) is 5.92 Å². The van der Waals surface area contributed by atoms with Crippen LogP contribution in [0.25, 0.3) is 0 Å². The minimum absolute atomic E-state index is 0.162. The van der Waals surface area contributed by atoms with Gasteiger partial charge in [-0.15, -0.1) is 0 Å². The van der Waals surface area contributed by atoms with E-state index in [1.807, 2.05) is 21.8 Å². The van der Waals surface area contributed by atoms with Gasteiger partial charge in [0.2, 0.25) is 5.91 Å². The summed E-state index contributed by atoms with van der Waals surface area (Å²) in [5.74, 6) is 0.304. The molecule has 0 unspecified atom stereocenters. The highest BCUT2D eigenvalue weighted by Gasteiger charge is 2.31. The summed E-state index contributed by atoms with van der Waals surface area (Å²) in [6, 6.07) is 8.56. The molecule has 1 aromatic carbocycles. The molecule has 0 saturated carbocycles. The van der Waals surface area contributed by atoms with E-state index in [2.05, 4.69) is 23.8 Å². The first-order valence-corrected chi connectivity index (χ1v) is 9.76. The Balaban J connectivity index is 1.63. The highest BCUT2D eigenvalue weighted by Crippen LogP contribution is 2.21. The van der Waals surface area contributed by atoms with Crippen molar-refractivity contribution in [3.8, 4) is 0 Å². The van der Waals surface area contributed by atoms with Crippen LogP contribution >= 0.6 is 0 Å². The number of aromatic nitrogens is 2. The molecule has 2 heterocycles. The molecule has 6 heteroatoms. The number of carbonyl (C=O) groups excluding carboxylic acids is 1. The van der Waals surface area contributed by atoms with Crippen LogP contribution < -0.4 is 0 Å². The summed E-state index contributed by atoms with van der Waals surface area (Å²) in [6.07, 6.45) is 5.32. The second kappa shape index (κ2) is 9.13. The van der Waals surface area contributed by atoms with Crippen molar-refractivity contribution in [2.75, 3.05) is 19.6 Å². The lowest BCUT2D eigenvalue weighted by molar-refractivity contribution is -0.134. The number of aryl methyl sites for hydroxylation is 1. The van der Waals surface area contributed by atoms with Crippen molar-refractivity contribution < 1.29 is 9.18 Å². The number of halogens is 1. The molecule has 3 rings (SSSR count). The van der Waals surface area contributed by atoms with E-state index in [9.17, 15) is 9.18 Å². The Morgan fingerprint density at radius 3 is 2.67 bits per heavy atom. The fraction of sp³-hybridized carbons (Fsp3) is 0.524. The molecule has 27 heavy (non-hydrogen) atoms. The average Bonchev–Trinajstić information content (AvgIpc) is 3.11. The molecule has 1 saturated heterocycles. The monoisotopic (exact) mass is 372 g/mol. The van der Waals surface area contributed by atoms with E-state index < -0.39 is 0 Å². The molecule has 0 radical (unpaired) electrons. The van der Waals surface area contributed by atoms with Gasteiger partial charge in [-0.2, -0.15) is 5.10 Å². The van der Waals surface area contributed by atoms with Crippen molar-refractivity contribution in [1.82, 2.24) is 19.6 Å². The molecule has 1 aliphatic rings. The summed E-state index contributed by atoms with van der Waals surface area (Å²) >= 11 is 0. The lowest BCUT2D eigenvalue weighted by Gasteiger charge is -2.35. The highest BCUT2D eigenvalue weighted by atomic mass is 19.1. The molecule has 0 bridgehead atoms. The predicted octanol–water partition coefficient (Wildman–Crippen LogP) is 3.17. The van der Waals surface area contributed by atoms with Gasteiger partial charge in [0, 0.05) is 51.0 Å². The lowest BCUT2D eigenvalue weighted by Crippen LogP contribution is -2.46. The second-order valence-corrected chi connectivity index (χ2v) is 7.63. The zero-order valence-electron chi connectivity index (χ0n) is 16.2. The van der Waals surface area contributed by atoms with E-state index in [0.29, 0.717) is 18.9 Å². The number of carbonyl (C=O) groups is 1. The van der Waals surface area contributed by atoms with Crippen LogP contribution in [0.1, 0.15) is 32.3 Å². The second-order valence-electron chi connectivity index (χ2n) is 7.63. The summed E-state index contributed by atoms with van der Waals surface area (Å²) in [5.41, 5.74) is 0.975. The standard InChI is InChI=1S/C21H29FN4O/c1-17(2)20-16-24(11-4-13-25-12-3-10-23-25)14-9-21(27)26(20)15-18-5-7-19(22)8-6-18/h3,5-8,10,12,17,20H,4,9,11,13-16H2,1-2H3/t20-/m0/s1. The first-order valence-electron chi connectivity index (χ1n) is 9.76. The highest BCUT2D eigenvalue weighted by molar-refractivity contribution is 5.77. The normalized spacial score (nSPS) is 18.9. The van der Waals surface area contributed by atoms with Gasteiger partial charge in [0.15, 0.2) is 0 Å². The van der Waals surface area contributed by atoms with Gasteiger partial charge in [0.05, 0.1) is 0 Å². The van der Waals surface area contributed by atoms with Crippen LogP contribution in [0.15, 0.2) is 42.7 Å². The minimum Gasteiger partial charge on any atom is -0.334 e. The quantitative estimate of drug-likeness (QED) is 0.750. The zero-order valence-corrected chi connectivity index (χ0v) is 16.2. The number of hydrogen-bond acceptors (Lipinski definition) is 3. The number of rotatable bonds is 7. The summed E-state index contributed by atoms with van der Waals surface area (Å²) in [4.78, 5) is 17.2. The fourth-order valence-corrected chi connectivity index (χ4v) is 3.69. The molecular formula is C21H29FN4O. The van der Waals surface area contributed by atoms with E-state index in [1.165, 1.54) is 12.1 Å². The molecule has 0 aliphatic carbocycles. The Hall–Kier alpha value is -2.21. The minimum atomic E-state index is -0.246. The zero-order chi connectivity index (χ0) is 19.2. The maximum Gasteiger partial charge on any atom is 0.224 e. The number of benzene rings is 1. The van der Waals surface area contributed by atoms with Crippen LogP contribution in [0.2, 0.25) is 0 Å². The molecular weight excluding hydrogens is 343 g/mol. The molecule has 1 amide bonds. The Labute approximate surface area is 160 Å². The fourth-order valence-electron chi connectivity index (χ4n) is 3.69. The van der Waals surface area contributed by atoms with Crippen LogP contribution in [-0.4, -0.2) is 51.2 Å². The van der Waals surface area contributed by atoms with Crippen LogP contribution in [0, 0.1) is 11.7 Å². The third kappa shape index (κ3) is 5.39. The Bertz CT molecular complexity index is 714. The van der Waals surface area contributed by atoms with Crippen molar-refractivity contribution >= 4 is 5.91 Å². The van der Waals surface area contributed by atoms with Gasteiger partial charge in [-0.3, -0.25) is 9.48 Å². The predicted molar refractivity (Wildman–Crippen MR) is 103 cm³/mol. The number of nitrogens with zero attached hydrogens (tertiary/aromatic N) is 4. The Kier molecular flexibility index (Phi) is 6.61. The summed E-state index contributed by atoms with van der Waals surface area (Å²) in [6.45, 7) is 8.41. The molecule has 5 nitrogen and oxygen atoms in total. The first-order chi connectivity index (χ1) is 13.0. The van der Waals surface area contributed by atoms with E-state index in [-0.39, 0.29) is 17.8 Å². The van der Waals surface area contributed by atoms with Crippen molar-refractivity contribution in [3.63, 3.8) is 0 Å².